The van der Waals surface area contributed by atoms with Crippen molar-refractivity contribution < 1.29 is 18.3 Å². The summed E-state index contributed by atoms with van der Waals surface area (Å²) in [6, 6.07) is 1.47. The molecule has 0 fully saturated rings. The number of nitrogens with zero attached hydrogens (tertiary/aromatic N) is 2. The lowest BCUT2D eigenvalue weighted by Gasteiger charge is -2.03. The fourth-order valence-electron chi connectivity index (χ4n) is 1.29. The van der Waals surface area contributed by atoms with Crippen molar-refractivity contribution in [2.24, 2.45) is 0 Å². The molecule has 0 aromatic carbocycles. The Kier molecular flexibility index (Phi) is 2.79. The van der Waals surface area contributed by atoms with E-state index < -0.39 is 26.6 Å². The van der Waals surface area contributed by atoms with Crippen molar-refractivity contribution in [1.82, 2.24) is 20.4 Å². The topological polar surface area (TPSA) is 141 Å². The lowest BCUT2D eigenvalue weighted by Crippen LogP contribution is -2.16. The van der Waals surface area contributed by atoms with Gasteiger partial charge in [-0.05, 0) is 6.92 Å². The average molecular weight is 271 g/mol. The molecule has 0 aliphatic carbocycles. The Balaban J connectivity index is 2.37. The number of carboxylic acids is 1. The van der Waals surface area contributed by atoms with Gasteiger partial charge in [-0.3, -0.25) is 14.9 Å². The molecule has 10 heteroatoms. The van der Waals surface area contributed by atoms with Gasteiger partial charge in [0.05, 0.1) is 6.20 Å². The molecule has 0 radical (unpaired) electrons. The van der Waals surface area contributed by atoms with E-state index in [1.165, 1.54) is 6.07 Å². The number of hydrogen-bond acceptors (Lipinski definition) is 5. The highest BCUT2D eigenvalue weighted by Crippen LogP contribution is 2.16. The quantitative estimate of drug-likeness (QED) is 0.614. The minimum Gasteiger partial charge on any atom is -0.478 e. The number of carbonyl (C=O) groups is 1. The van der Waals surface area contributed by atoms with Gasteiger partial charge in [0.1, 0.15) is 5.56 Å². The summed E-state index contributed by atoms with van der Waals surface area (Å²) in [7, 11) is -4.06. The third kappa shape index (κ3) is 2.18. The van der Waals surface area contributed by atoms with Crippen molar-refractivity contribution in [3.8, 4) is 0 Å². The molecule has 2 aromatic heterocycles. The van der Waals surface area contributed by atoms with Crippen molar-refractivity contribution in [3.05, 3.63) is 23.5 Å². The van der Waals surface area contributed by atoms with Gasteiger partial charge >= 0.3 is 5.97 Å². The molecule has 96 valence electrons. The Morgan fingerprint density at radius 2 is 2.17 bits per heavy atom. The minimum absolute atomic E-state index is 0.0680. The maximum Gasteiger partial charge on any atom is 0.340 e. The number of aromatic nitrogens is 4. The van der Waals surface area contributed by atoms with Gasteiger partial charge in [0, 0.05) is 11.8 Å². The minimum atomic E-state index is -4.06. The van der Waals surface area contributed by atoms with Gasteiger partial charge in [-0.15, -0.1) is 0 Å². The predicted octanol–water partition coefficient (Wildman–Crippen LogP) is -0.0598. The largest absolute Gasteiger partial charge is 0.478 e. The van der Waals surface area contributed by atoms with Gasteiger partial charge in [0.25, 0.3) is 10.0 Å². The Morgan fingerprint density at radius 3 is 2.72 bits per heavy atom. The molecule has 0 bridgehead atoms. The zero-order valence-corrected chi connectivity index (χ0v) is 9.95. The first-order valence-corrected chi connectivity index (χ1v) is 6.20. The number of anilines is 1. The molecule has 0 unspecified atom stereocenters. The smallest absolute Gasteiger partial charge is 0.340 e. The SMILES string of the molecule is Cc1cc(NS(=O)(=O)c2[nH]ncc2C(=O)O)n[nH]1. The maximum atomic E-state index is 11.9. The third-order valence-corrected chi connectivity index (χ3v) is 3.37. The van der Waals surface area contributed by atoms with Crippen LogP contribution in [-0.4, -0.2) is 39.9 Å². The van der Waals surface area contributed by atoms with Crippen LogP contribution in [0.5, 0.6) is 0 Å². The lowest BCUT2D eigenvalue weighted by atomic mass is 10.4. The van der Waals surface area contributed by atoms with Crippen LogP contribution >= 0.6 is 0 Å². The molecule has 0 aliphatic rings. The van der Waals surface area contributed by atoms with E-state index in [1.807, 2.05) is 0 Å². The highest BCUT2D eigenvalue weighted by atomic mass is 32.2. The molecule has 18 heavy (non-hydrogen) atoms. The van der Waals surface area contributed by atoms with Crippen LogP contribution < -0.4 is 4.72 Å². The summed E-state index contributed by atoms with van der Waals surface area (Å²) >= 11 is 0. The number of aromatic carboxylic acids is 1. The van der Waals surface area contributed by atoms with Crippen LogP contribution in [0.3, 0.4) is 0 Å². The second kappa shape index (κ2) is 4.14. The Morgan fingerprint density at radius 1 is 1.44 bits per heavy atom. The van der Waals surface area contributed by atoms with Crippen LogP contribution in [0, 0.1) is 6.92 Å². The number of rotatable bonds is 4. The molecule has 2 rings (SSSR count). The van der Waals surface area contributed by atoms with Gasteiger partial charge in [-0.1, -0.05) is 0 Å². The molecule has 0 aliphatic heterocycles. The fourth-order valence-corrected chi connectivity index (χ4v) is 2.37. The highest BCUT2D eigenvalue weighted by Gasteiger charge is 2.25. The molecule has 0 saturated carbocycles. The first-order valence-electron chi connectivity index (χ1n) is 4.71. The van der Waals surface area contributed by atoms with Crippen molar-refractivity contribution in [1.29, 1.82) is 0 Å². The summed E-state index contributed by atoms with van der Waals surface area (Å²) in [5.74, 6) is -1.32. The molecular formula is C8H9N5O4S. The number of carboxylic acid groups (broad SMARTS) is 1. The van der Waals surface area contributed by atoms with Crippen LogP contribution in [0.4, 0.5) is 5.82 Å². The van der Waals surface area contributed by atoms with Crippen LogP contribution in [0.1, 0.15) is 16.1 Å². The van der Waals surface area contributed by atoms with Crippen molar-refractivity contribution in [2.75, 3.05) is 4.72 Å². The number of hydrogen-bond donors (Lipinski definition) is 4. The Bertz CT molecular complexity index is 686. The number of nitrogens with one attached hydrogen (secondary N) is 3. The predicted molar refractivity (Wildman–Crippen MR) is 59.7 cm³/mol. The molecule has 0 amide bonds. The lowest BCUT2D eigenvalue weighted by molar-refractivity contribution is 0.0692. The van der Waals surface area contributed by atoms with E-state index in [1.54, 1.807) is 6.92 Å². The number of aromatic amines is 2. The molecule has 9 nitrogen and oxygen atoms in total. The molecule has 0 saturated heterocycles. The molecule has 0 spiro atoms. The van der Waals surface area contributed by atoms with Crippen LogP contribution in [-0.2, 0) is 10.0 Å². The van der Waals surface area contributed by atoms with E-state index in [0.717, 1.165) is 6.20 Å². The van der Waals surface area contributed by atoms with Gasteiger partial charge in [0.15, 0.2) is 10.8 Å². The molecular weight excluding hydrogens is 262 g/mol. The number of H-pyrrole nitrogens is 2. The van der Waals surface area contributed by atoms with Crippen LogP contribution in [0.25, 0.3) is 0 Å². The molecule has 2 aromatic rings. The molecule has 0 atom stereocenters. The van der Waals surface area contributed by atoms with Gasteiger partial charge in [0.2, 0.25) is 0 Å². The van der Waals surface area contributed by atoms with E-state index >= 15 is 0 Å². The zero-order valence-electron chi connectivity index (χ0n) is 9.13. The van der Waals surface area contributed by atoms with Crippen molar-refractivity contribution in [2.45, 2.75) is 11.9 Å². The van der Waals surface area contributed by atoms with Gasteiger partial charge in [-0.25, -0.2) is 4.79 Å². The summed E-state index contributed by atoms with van der Waals surface area (Å²) in [5.41, 5.74) is 0.227. The van der Waals surface area contributed by atoms with E-state index in [9.17, 15) is 13.2 Å². The second-order valence-electron chi connectivity index (χ2n) is 3.46. The van der Waals surface area contributed by atoms with Gasteiger partial charge < -0.3 is 5.11 Å². The summed E-state index contributed by atoms with van der Waals surface area (Å²) < 4.78 is 25.9. The summed E-state index contributed by atoms with van der Waals surface area (Å²) in [6.07, 6.45) is 0.923. The van der Waals surface area contributed by atoms with E-state index in [2.05, 4.69) is 25.1 Å². The first kappa shape index (κ1) is 12.1. The number of aryl methyl sites for hydroxylation is 1. The fraction of sp³-hybridized carbons (Fsp3) is 0.125. The highest BCUT2D eigenvalue weighted by molar-refractivity contribution is 7.92. The van der Waals surface area contributed by atoms with E-state index in [4.69, 9.17) is 5.11 Å². The van der Waals surface area contributed by atoms with Crippen LogP contribution in [0.2, 0.25) is 0 Å². The monoisotopic (exact) mass is 271 g/mol. The summed E-state index contributed by atoms with van der Waals surface area (Å²) in [6.45, 7) is 1.70. The second-order valence-corrected chi connectivity index (χ2v) is 5.08. The first-order chi connectivity index (χ1) is 8.40. The summed E-state index contributed by atoms with van der Waals surface area (Å²) in [4.78, 5) is 10.8. The summed E-state index contributed by atoms with van der Waals surface area (Å²) in [5, 5.41) is 20.1. The van der Waals surface area contributed by atoms with E-state index in [0.29, 0.717) is 5.69 Å². The molecule has 4 N–H and O–H groups in total. The maximum absolute atomic E-state index is 11.9. The number of sulfonamides is 1. The standard InChI is InChI=1S/C8H9N5O4S/c1-4-2-6(11-10-4)13-18(16,17)7-5(8(14)15)3-9-12-7/h2-3H,1H3,(H,9,12)(H,14,15)(H2,10,11,13). The normalized spacial score (nSPS) is 11.4. The average Bonchev–Trinajstić information content (AvgIpc) is 2.86. The van der Waals surface area contributed by atoms with E-state index in [-0.39, 0.29) is 5.82 Å². The van der Waals surface area contributed by atoms with Crippen LogP contribution in [0.15, 0.2) is 17.3 Å². The van der Waals surface area contributed by atoms with Crippen molar-refractivity contribution >= 4 is 21.8 Å². The third-order valence-electron chi connectivity index (χ3n) is 2.05. The zero-order chi connectivity index (χ0) is 13.3. The molecule has 2 heterocycles. The Hall–Kier alpha value is -2.36. The van der Waals surface area contributed by atoms with Crippen molar-refractivity contribution in [3.63, 3.8) is 0 Å². The Labute approximate surface area is 101 Å². The van der Waals surface area contributed by atoms with Gasteiger partial charge in [-0.2, -0.15) is 18.6 Å².